The van der Waals surface area contributed by atoms with Gasteiger partial charge < -0.3 is 23.7 Å². The quantitative estimate of drug-likeness (QED) is 0.510. The molecule has 2 aromatic carbocycles. The molecular weight excluding hydrogens is 408 g/mol. The van der Waals surface area contributed by atoms with Crippen LogP contribution in [-0.4, -0.2) is 30.3 Å². The Labute approximate surface area is 186 Å². The van der Waals surface area contributed by atoms with Crippen molar-refractivity contribution in [1.82, 2.24) is 4.57 Å². The normalized spacial score (nSPS) is 12.1. The molecule has 0 saturated heterocycles. The zero-order valence-electron chi connectivity index (χ0n) is 17.6. The van der Waals surface area contributed by atoms with Gasteiger partial charge in [0.15, 0.2) is 11.5 Å². The molecule has 0 fully saturated rings. The van der Waals surface area contributed by atoms with E-state index in [0.29, 0.717) is 42.8 Å². The fourth-order valence-electron chi connectivity index (χ4n) is 3.44. The number of hydrogen-bond acceptors (Lipinski definition) is 5. The molecule has 7 nitrogen and oxygen atoms in total. The van der Waals surface area contributed by atoms with E-state index in [0.717, 1.165) is 5.56 Å². The summed E-state index contributed by atoms with van der Waals surface area (Å²) < 4.78 is 18.5. The lowest BCUT2D eigenvalue weighted by Gasteiger charge is -2.26. The van der Waals surface area contributed by atoms with Gasteiger partial charge in [-0.05, 0) is 24.3 Å². The zero-order chi connectivity index (χ0) is 22.3. The van der Waals surface area contributed by atoms with Crippen LogP contribution in [0.15, 0.2) is 84.3 Å². The summed E-state index contributed by atoms with van der Waals surface area (Å²) in [5, 5.41) is 0. The Morgan fingerprint density at radius 1 is 1.06 bits per heavy atom. The maximum atomic E-state index is 13.4. The molecule has 0 atom stereocenters. The molecular formula is C25H24N2O5. The number of hydrogen-bond donors (Lipinski definition) is 0. The van der Waals surface area contributed by atoms with E-state index in [1.165, 1.54) is 10.6 Å². The molecule has 0 saturated carbocycles. The Morgan fingerprint density at radius 2 is 1.84 bits per heavy atom. The van der Waals surface area contributed by atoms with E-state index in [1.807, 2.05) is 30.3 Å². The number of benzene rings is 2. The third-order valence-corrected chi connectivity index (χ3v) is 5.00. The topological polar surface area (TPSA) is 70.0 Å². The van der Waals surface area contributed by atoms with Crippen molar-refractivity contribution in [2.24, 2.45) is 0 Å². The van der Waals surface area contributed by atoms with Crippen molar-refractivity contribution in [2.75, 3.05) is 24.7 Å². The van der Waals surface area contributed by atoms with Crippen LogP contribution < -0.4 is 24.7 Å². The molecule has 0 N–H and O–H groups in total. The first kappa shape index (κ1) is 21.2. The minimum absolute atomic E-state index is 0.0935. The summed E-state index contributed by atoms with van der Waals surface area (Å²) in [7, 11) is 0. The number of para-hydroxylation sites is 1. The van der Waals surface area contributed by atoms with Crippen LogP contribution in [0.3, 0.4) is 0 Å². The SMILES string of the molecule is C=CCOc1ccccc1CN(C(=O)Cn1ccccc1=O)c1ccc2c(c1)OCCO2. The smallest absolute Gasteiger partial charge is 0.250 e. The van der Waals surface area contributed by atoms with Crippen LogP contribution in [0.5, 0.6) is 17.2 Å². The molecule has 1 aliphatic heterocycles. The Hall–Kier alpha value is -4.00. The fraction of sp³-hybridized carbons (Fsp3) is 0.200. The molecule has 0 radical (unpaired) electrons. The Kier molecular flexibility index (Phi) is 6.55. The van der Waals surface area contributed by atoms with Gasteiger partial charge in [0.1, 0.15) is 32.1 Å². The number of aromatic nitrogens is 1. The highest BCUT2D eigenvalue weighted by Gasteiger charge is 2.22. The van der Waals surface area contributed by atoms with Crippen LogP contribution in [0, 0.1) is 0 Å². The van der Waals surface area contributed by atoms with E-state index in [2.05, 4.69) is 6.58 Å². The minimum atomic E-state index is -0.242. The molecule has 3 aromatic rings. The molecule has 0 spiro atoms. The predicted molar refractivity (Wildman–Crippen MR) is 121 cm³/mol. The van der Waals surface area contributed by atoms with Crippen LogP contribution in [0.2, 0.25) is 0 Å². The predicted octanol–water partition coefficient (Wildman–Crippen LogP) is 3.42. The van der Waals surface area contributed by atoms with Gasteiger partial charge in [0.25, 0.3) is 5.56 Å². The summed E-state index contributed by atoms with van der Waals surface area (Å²) >= 11 is 0. The lowest BCUT2D eigenvalue weighted by atomic mass is 10.1. The number of ether oxygens (including phenoxy) is 3. The molecule has 1 aliphatic rings. The van der Waals surface area contributed by atoms with Crippen LogP contribution in [0.25, 0.3) is 0 Å². The first-order valence-electron chi connectivity index (χ1n) is 10.3. The average Bonchev–Trinajstić information content (AvgIpc) is 2.83. The molecule has 7 heteroatoms. The van der Waals surface area contributed by atoms with Gasteiger partial charge in [-0.25, -0.2) is 0 Å². The van der Waals surface area contributed by atoms with E-state index in [9.17, 15) is 9.59 Å². The van der Waals surface area contributed by atoms with Crippen molar-refractivity contribution in [3.05, 3.63) is 95.4 Å². The molecule has 164 valence electrons. The van der Waals surface area contributed by atoms with E-state index in [1.54, 1.807) is 41.4 Å². The summed E-state index contributed by atoms with van der Waals surface area (Å²) in [5.41, 5.74) is 1.23. The maximum Gasteiger partial charge on any atom is 0.250 e. The van der Waals surface area contributed by atoms with E-state index in [4.69, 9.17) is 14.2 Å². The van der Waals surface area contributed by atoms with Crippen LogP contribution in [0.1, 0.15) is 5.56 Å². The third-order valence-electron chi connectivity index (χ3n) is 5.00. The van der Waals surface area contributed by atoms with Gasteiger partial charge in [0.05, 0.1) is 6.54 Å². The van der Waals surface area contributed by atoms with Crippen molar-refractivity contribution < 1.29 is 19.0 Å². The summed E-state index contributed by atoms with van der Waals surface area (Å²) in [6.07, 6.45) is 3.27. The summed E-state index contributed by atoms with van der Waals surface area (Å²) in [6.45, 7) is 5.14. The Morgan fingerprint density at radius 3 is 2.66 bits per heavy atom. The largest absolute Gasteiger partial charge is 0.489 e. The van der Waals surface area contributed by atoms with Gasteiger partial charge in [-0.2, -0.15) is 0 Å². The zero-order valence-corrected chi connectivity index (χ0v) is 17.6. The van der Waals surface area contributed by atoms with Crippen LogP contribution in [0.4, 0.5) is 5.69 Å². The van der Waals surface area contributed by atoms with Crippen molar-refractivity contribution in [3.63, 3.8) is 0 Å². The van der Waals surface area contributed by atoms with E-state index in [-0.39, 0.29) is 24.6 Å². The minimum Gasteiger partial charge on any atom is -0.489 e. The summed E-state index contributed by atoms with van der Waals surface area (Å²) in [6, 6.07) is 17.7. The van der Waals surface area contributed by atoms with Gasteiger partial charge in [-0.15, -0.1) is 0 Å². The standard InChI is InChI=1S/C25H24N2O5/c1-2-13-30-21-8-4-3-7-19(21)17-27(25(29)18-26-12-6-5-9-24(26)28)20-10-11-22-23(16-20)32-15-14-31-22/h2-12,16H,1,13-15,17-18H2. The summed E-state index contributed by atoms with van der Waals surface area (Å²) in [5.74, 6) is 1.65. The van der Waals surface area contributed by atoms with Gasteiger partial charge in [-0.1, -0.05) is 36.9 Å². The number of anilines is 1. The van der Waals surface area contributed by atoms with Crippen LogP contribution in [-0.2, 0) is 17.9 Å². The molecule has 0 bridgehead atoms. The molecule has 4 rings (SSSR count). The number of pyridine rings is 1. The monoisotopic (exact) mass is 432 g/mol. The molecule has 1 amide bonds. The van der Waals surface area contributed by atoms with E-state index < -0.39 is 0 Å². The maximum absolute atomic E-state index is 13.4. The second-order valence-electron chi connectivity index (χ2n) is 7.18. The van der Waals surface area contributed by atoms with E-state index >= 15 is 0 Å². The Bertz CT molecular complexity index is 1170. The molecule has 0 unspecified atom stereocenters. The molecule has 32 heavy (non-hydrogen) atoms. The highest BCUT2D eigenvalue weighted by atomic mass is 16.6. The number of amides is 1. The lowest BCUT2D eigenvalue weighted by molar-refractivity contribution is -0.119. The van der Waals surface area contributed by atoms with Crippen LogP contribution >= 0.6 is 0 Å². The molecule has 1 aromatic heterocycles. The number of rotatable bonds is 8. The fourth-order valence-corrected chi connectivity index (χ4v) is 3.44. The first-order valence-corrected chi connectivity index (χ1v) is 10.3. The van der Waals surface area contributed by atoms with Crippen molar-refractivity contribution in [1.29, 1.82) is 0 Å². The summed E-state index contributed by atoms with van der Waals surface area (Å²) in [4.78, 5) is 27.2. The van der Waals surface area contributed by atoms with Gasteiger partial charge in [-0.3, -0.25) is 9.59 Å². The van der Waals surface area contributed by atoms with Crippen molar-refractivity contribution >= 4 is 11.6 Å². The number of fused-ring (bicyclic) bond motifs is 1. The van der Waals surface area contributed by atoms with Crippen molar-refractivity contribution in [2.45, 2.75) is 13.1 Å². The number of nitrogens with zero attached hydrogens (tertiary/aromatic N) is 2. The van der Waals surface area contributed by atoms with Gasteiger partial charge in [0.2, 0.25) is 5.91 Å². The Balaban J connectivity index is 1.68. The lowest BCUT2D eigenvalue weighted by Crippen LogP contribution is -2.36. The third kappa shape index (κ3) is 4.83. The first-order chi connectivity index (χ1) is 15.7. The molecule has 2 heterocycles. The highest BCUT2D eigenvalue weighted by Crippen LogP contribution is 2.35. The second-order valence-corrected chi connectivity index (χ2v) is 7.18. The highest BCUT2D eigenvalue weighted by molar-refractivity contribution is 5.93. The number of carbonyl (C=O) groups is 1. The molecule has 0 aliphatic carbocycles. The average molecular weight is 432 g/mol. The van der Waals surface area contributed by atoms with Crippen molar-refractivity contribution in [3.8, 4) is 17.2 Å². The van der Waals surface area contributed by atoms with Gasteiger partial charge in [0, 0.05) is 29.6 Å². The van der Waals surface area contributed by atoms with Gasteiger partial charge >= 0.3 is 0 Å². The number of carbonyl (C=O) groups excluding carboxylic acids is 1. The second kappa shape index (κ2) is 9.87.